The zero-order valence-corrected chi connectivity index (χ0v) is 13.6. The molecule has 1 aromatic heterocycles. The van der Waals surface area contributed by atoms with Crippen molar-refractivity contribution in [2.24, 2.45) is 0 Å². The van der Waals surface area contributed by atoms with Crippen LogP contribution in [0.25, 0.3) is 22.3 Å². The lowest BCUT2D eigenvalue weighted by Gasteiger charge is -2.06. The third-order valence-electron chi connectivity index (χ3n) is 3.89. The summed E-state index contributed by atoms with van der Waals surface area (Å²) in [5.41, 5.74) is 3.54. The predicted octanol–water partition coefficient (Wildman–Crippen LogP) is 4.66. The molecule has 4 nitrogen and oxygen atoms in total. The van der Waals surface area contributed by atoms with Crippen LogP contribution in [0.4, 0.5) is 4.39 Å². The van der Waals surface area contributed by atoms with Crippen LogP contribution in [-0.4, -0.2) is 15.9 Å². The van der Waals surface area contributed by atoms with E-state index in [9.17, 15) is 9.18 Å². The highest BCUT2D eigenvalue weighted by atomic mass is 19.1. The van der Waals surface area contributed by atoms with Gasteiger partial charge in [-0.25, -0.2) is 14.2 Å². The number of carbonyl (C=O) groups excluding carboxylic acids is 1. The molecule has 0 aliphatic heterocycles. The highest BCUT2D eigenvalue weighted by molar-refractivity contribution is 5.91. The van der Waals surface area contributed by atoms with E-state index in [4.69, 9.17) is 4.74 Å². The van der Waals surface area contributed by atoms with Gasteiger partial charge >= 0.3 is 5.97 Å². The van der Waals surface area contributed by atoms with E-state index in [2.05, 4.69) is 9.97 Å². The molecule has 1 heterocycles. The van der Waals surface area contributed by atoms with Crippen LogP contribution in [0, 0.1) is 5.82 Å². The molecule has 0 bridgehead atoms. The van der Waals surface area contributed by atoms with Gasteiger partial charge in [-0.15, -0.1) is 0 Å². The number of aromatic nitrogens is 2. The number of halogens is 1. The van der Waals surface area contributed by atoms with E-state index in [0.29, 0.717) is 5.75 Å². The van der Waals surface area contributed by atoms with Gasteiger partial charge in [-0.05, 0) is 60.7 Å². The number of rotatable bonds is 3. The number of fused-ring (bicyclic) bond motifs is 1. The number of esters is 1. The van der Waals surface area contributed by atoms with Gasteiger partial charge in [0, 0.05) is 5.56 Å². The minimum absolute atomic E-state index is 0.288. The van der Waals surface area contributed by atoms with E-state index < -0.39 is 11.8 Å². The van der Waals surface area contributed by atoms with E-state index in [-0.39, 0.29) is 5.56 Å². The molecule has 0 amide bonds. The Labute approximate surface area is 148 Å². The van der Waals surface area contributed by atoms with Crippen LogP contribution >= 0.6 is 0 Å². The molecule has 4 rings (SSSR count). The number of benzene rings is 3. The average molecular weight is 344 g/mol. The van der Waals surface area contributed by atoms with Crippen molar-refractivity contribution in [1.82, 2.24) is 9.97 Å². The second kappa shape index (κ2) is 6.72. The number of nitrogens with zero attached hydrogens (tertiary/aromatic N) is 2. The van der Waals surface area contributed by atoms with Crippen LogP contribution in [0.2, 0.25) is 0 Å². The molecular formula is C21H13FN2O2. The molecule has 0 fully saturated rings. The molecule has 0 atom stereocenters. The van der Waals surface area contributed by atoms with Gasteiger partial charge < -0.3 is 4.74 Å². The number of hydrogen-bond acceptors (Lipinski definition) is 4. The first-order valence-electron chi connectivity index (χ1n) is 7.99. The Morgan fingerprint density at radius 3 is 2.27 bits per heavy atom. The van der Waals surface area contributed by atoms with E-state index in [1.807, 2.05) is 36.4 Å². The molecule has 0 radical (unpaired) electrons. The van der Waals surface area contributed by atoms with E-state index >= 15 is 0 Å². The fourth-order valence-electron chi connectivity index (χ4n) is 2.54. The topological polar surface area (TPSA) is 52.1 Å². The fraction of sp³-hybridized carbons (Fsp3) is 0. The van der Waals surface area contributed by atoms with Gasteiger partial charge in [-0.2, -0.15) is 0 Å². The maximum absolute atomic E-state index is 12.9. The zero-order chi connectivity index (χ0) is 17.9. The highest BCUT2D eigenvalue weighted by Gasteiger charge is 2.09. The molecule has 5 heteroatoms. The lowest BCUT2D eigenvalue weighted by atomic mass is 10.1. The summed E-state index contributed by atoms with van der Waals surface area (Å²) in [6.07, 6.45) is 1.71. The number of hydrogen-bond donors (Lipinski definition) is 0. The van der Waals surface area contributed by atoms with Crippen molar-refractivity contribution < 1.29 is 13.9 Å². The van der Waals surface area contributed by atoms with Gasteiger partial charge in [0.2, 0.25) is 0 Å². The van der Waals surface area contributed by atoms with Crippen molar-refractivity contribution in [3.8, 4) is 17.0 Å². The van der Waals surface area contributed by atoms with Crippen molar-refractivity contribution in [3.63, 3.8) is 0 Å². The Morgan fingerprint density at radius 2 is 1.54 bits per heavy atom. The molecule has 0 saturated heterocycles. The van der Waals surface area contributed by atoms with Crippen molar-refractivity contribution in [2.75, 3.05) is 0 Å². The second-order valence-electron chi connectivity index (χ2n) is 5.66. The molecule has 0 unspecified atom stereocenters. The van der Waals surface area contributed by atoms with Crippen molar-refractivity contribution in [1.29, 1.82) is 0 Å². The molecule has 0 aliphatic carbocycles. The molecule has 0 spiro atoms. The largest absolute Gasteiger partial charge is 0.423 e. The first-order valence-corrected chi connectivity index (χ1v) is 7.99. The van der Waals surface area contributed by atoms with E-state index in [1.54, 1.807) is 18.3 Å². The lowest BCUT2D eigenvalue weighted by molar-refractivity contribution is 0.0734. The third kappa shape index (κ3) is 3.28. The van der Waals surface area contributed by atoms with Crippen molar-refractivity contribution in [2.45, 2.75) is 0 Å². The van der Waals surface area contributed by atoms with Crippen LogP contribution in [0.5, 0.6) is 5.75 Å². The molecule has 3 aromatic carbocycles. The summed E-state index contributed by atoms with van der Waals surface area (Å²) >= 11 is 0. The average Bonchev–Trinajstić information content (AvgIpc) is 2.68. The summed E-state index contributed by atoms with van der Waals surface area (Å²) in [6.45, 7) is 0. The molecule has 0 N–H and O–H groups in total. The lowest BCUT2D eigenvalue weighted by Crippen LogP contribution is -2.08. The smallest absolute Gasteiger partial charge is 0.343 e. The zero-order valence-electron chi connectivity index (χ0n) is 13.6. The first kappa shape index (κ1) is 15.9. The summed E-state index contributed by atoms with van der Waals surface area (Å²) in [4.78, 5) is 21.0. The fourth-order valence-corrected chi connectivity index (χ4v) is 2.54. The highest BCUT2D eigenvalue weighted by Crippen LogP contribution is 2.22. The van der Waals surface area contributed by atoms with Crippen LogP contribution in [0.1, 0.15) is 10.4 Å². The van der Waals surface area contributed by atoms with Crippen LogP contribution in [0.3, 0.4) is 0 Å². The van der Waals surface area contributed by atoms with E-state index in [1.165, 1.54) is 24.3 Å². The van der Waals surface area contributed by atoms with Gasteiger partial charge in [-0.3, -0.25) is 4.98 Å². The van der Waals surface area contributed by atoms with Gasteiger partial charge in [0.1, 0.15) is 11.6 Å². The quantitative estimate of drug-likeness (QED) is 0.401. The minimum atomic E-state index is -0.539. The van der Waals surface area contributed by atoms with Crippen LogP contribution < -0.4 is 4.74 Å². The summed E-state index contributed by atoms with van der Waals surface area (Å²) < 4.78 is 18.2. The third-order valence-corrected chi connectivity index (χ3v) is 3.89. The number of carbonyl (C=O) groups is 1. The van der Waals surface area contributed by atoms with Gasteiger partial charge in [-0.1, -0.05) is 12.1 Å². The number of ether oxygens (including phenoxy) is 1. The first-order chi connectivity index (χ1) is 12.7. The monoisotopic (exact) mass is 344 g/mol. The Balaban J connectivity index is 1.54. The molecular weight excluding hydrogens is 331 g/mol. The molecule has 0 saturated carbocycles. The molecule has 4 aromatic rings. The Bertz CT molecular complexity index is 1080. The maximum atomic E-state index is 12.9. The summed E-state index contributed by atoms with van der Waals surface area (Å²) in [5, 5.41) is 0. The number of para-hydroxylation sites is 2. The Morgan fingerprint density at radius 1 is 0.846 bits per heavy atom. The summed E-state index contributed by atoms with van der Waals surface area (Å²) in [7, 11) is 0. The predicted molar refractivity (Wildman–Crippen MR) is 96.3 cm³/mol. The van der Waals surface area contributed by atoms with E-state index in [0.717, 1.165) is 22.3 Å². The second-order valence-corrected chi connectivity index (χ2v) is 5.66. The van der Waals surface area contributed by atoms with Gasteiger partial charge in [0.05, 0.1) is 28.5 Å². The van der Waals surface area contributed by atoms with Gasteiger partial charge in [0.15, 0.2) is 0 Å². The van der Waals surface area contributed by atoms with Crippen molar-refractivity contribution in [3.05, 3.63) is 90.4 Å². The normalized spacial score (nSPS) is 10.7. The van der Waals surface area contributed by atoms with Crippen LogP contribution in [0.15, 0.2) is 79.0 Å². The summed E-state index contributed by atoms with van der Waals surface area (Å²) in [6, 6.07) is 19.9. The Hall–Kier alpha value is -3.60. The summed E-state index contributed by atoms with van der Waals surface area (Å²) in [5.74, 6) is -0.539. The maximum Gasteiger partial charge on any atom is 0.343 e. The van der Waals surface area contributed by atoms with Crippen LogP contribution in [-0.2, 0) is 0 Å². The molecule has 126 valence electrons. The molecule has 0 aliphatic rings. The van der Waals surface area contributed by atoms with Crippen molar-refractivity contribution >= 4 is 17.0 Å². The Kier molecular flexibility index (Phi) is 4.11. The minimum Gasteiger partial charge on any atom is -0.423 e. The van der Waals surface area contributed by atoms with Gasteiger partial charge in [0.25, 0.3) is 0 Å². The standard InChI is InChI=1S/C21H13FN2O2/c22-16-9-5-15(6-10-16)21(25)26-17-11-7-14(8-12-17)20-13-23-18-3-1-2-4-19(18)24-20/h1-13H. The molecule has 26 heavy (non-hydrogen) atoms. The SMILES string of the molecule is O=C(Oc1ccc(-c2cnc3ccccc3n2)cc1)c1ccc(F)cc1.